The first-order valence-corrected chi connectivity index (χ1v) is 5.96. The van der Waals surface area contributed by atoms with Gasteiger partial charge in [-0.2, -0.15) is 4.99 Å². The SMILES string of the molecule is CCCCCCCSC(=N)N=C(N)N. The second kappa shape index (κ2) is 8.87. The predicted molar refractivity (Wildman–Crippen MR) is 64.8 cm³/mol. The molecule has 0 unspecified atom stereocenters. The Kier molecular flexibility index (Phi) is 8.42. The minimum Gasteiger partial charge on any atom is -0.370 e. The van der Waals surface area contributed by atoms with Gasteiger partial charge in [0.05, 0.1) is 0 Å². The number of unbranched alkanes of at least 4 members (excludes halogenated alkanes) is 4. The van der Waals surface area contributed by atoms with Crippen molar-refractivity contribution in [1.29, 1.82) is 5.41 Å². The highest BCUT2D eigenvalue weighted by atomic mass is 32.2. The summed E-state index contributed by atoms with van der Waals surface area (Å²) >= 11 is 1.40. The van der Waals surface area contributed by atoms with Crippen molar-refractivity contribution in [2.75, 3.05) is 5.75 Å². The molecule has 0 aliphatic rings. The van der Waals surface area contributed by atoms with E-state index in [1.807, 2.05) is 0 Å². The highest BCUT2D eigenvalue weighted by molar-refractivity contribution is 8.13. The summed E-state index contributed by atoms with van der Waals surface area (Å²) in [4.78, 5) is 3.63. The van der Waals surface area contributed by atoms with Gasteiger partial charge < -0.3 is 11.5 Å². The van der Waals surface area contributed by atoms with Crippen molar-refractivity contribution in [3.05, 3.63) is 0 Å². The molecule has 0 heterocycles. The summed E-state index contributed by atoms with van der Waals surface area (Å²) in [6.45, 7) is 2.20. The van der Waals surface area contributed by atoms with Crippen LogP contribution >= 0.6 is 11.8 Å². The van der Waals surface area contributed by atoms with Gasteiger partial charge in [-0.1, -0.05) is 44.4 Å². The molecule has 4 nitrogen and oxygen atoms in total. The molecule has 0 saturated carbocycles. The molecule has 0 radical (unpaired) electrons. The lowest BCUT2D eigenvalue weighted by atomic mass is 10.2. The van der Waals surface area contributed by atoms with Gasteiger partial charge in [0.1, 0.15) is 0 Å². The van der Waals surface area contributed by atoms with Gasteiger partial charge in [0.15, 0.2) is 11.1 Å². The number of nitrogens with one attached hydrogen (secondary N) is 1. The van der Waals surface area contributed by atoms with Crippen molar-refractivity contribution in [2.45, 2.75) is 39.0 Å². The van der Waals surface area contributed by atoms with E-state index in [2.05, 4.69) is 11.9 Å². The van der Waals surface area contributed by atoms with E-state index in [1.54, 1.807) is 0 Å². The lowest BCUT2D eigenvalue weighted by molar-refractivity contribution is 0.659. The Morgan fingerprint density at radius 1 is 1.21 bits per heavy atom. The molecule has 82 valence electrons. The molecule has 14 heavy (non-hydrogen) atoms. The van der Waals surface area contributed by atoms with Crippen LogP contribution in [0.25, 0.3) is 0 Å². The molecule has 0 saturated heterocycles. The number of hydrogen-bond donors (Lipinski definition) is 3. The van der Waals surface area contributed by atoms with E-state index >= 15 is 0 Å². The normalized spacial score (nSPS) is 9.79. The van der Waals surface area contributed by atoms with Crippen LogP contribution in [0.15, 0.2) is 4.99 Å². The van der Waals surface area contributed by atoms with Crippen LogP contribution in [0.2, 0.25) is 0 Å². The van der Waals surface area contributed by atoms with Crippen molar-refractivity contribution >= 4 is 22.9 Å². The Morgan fingerprint density at radius 2 is 1.86 bits per heavy atom. The molecular weight excluding hydrogens is 196 g/mol. The molecule has 0 aliphatic heterocycles. The molecule has 0 bridgehead atoms. The molecule has 0 amide bonds. The van der Waals surface area contributed by atoms with Crippen LogP contribution in [-0.4, -0.2) is 16.9 Å². The molecule has 0 fully saturated rings. The van der Waals surface area contributed by atoms with Crippen LogP contribution in [-0.2, 0) is 0 Å². The maximum absolute atomic E-state index is 7.35. The first kappa shape index (κ1) is 13.3. The minimum atomic E-state index is -0.0338. The number of nitrogens with two attached hydrogens (primary N) is 2. The largest absolute Gasteiger partial charge is 0.370 e. The van der Waals surface area contributed by atoms with Gasteiger partial charge in [0.2, 0.25) is 0 Å². The Labute approximate surface area is 90.0 Å². The topological polar surface area (TPSA) is 88.2 Å². The summed E-state index contributed by atoms with van der Waals surface area (Å²) in [7, 11) is 0. The number of amidine groups is 1. The zero-order chi connectivity index (χ0) is 10.8. The number of thioether (sulfide) groups is 1. The summed E-state index contributed by atoms with van der Waals surface area (Å²) in [6.07, 6.45) is 6.21. The summed E-state index contributed by atoms with van der Waals surface area (Å²) in [6, 6.07) is 0. The molecule has 0 atom stereocenters. The zero-order valence-corrected chi connectivity index (χ0v) is 9.57. The standard InChI is InChI=1S/C9H20N4S/c1-2-3-4-5-6-7-14-9(12)13-8(10)11/h2-7H2,1H3,(H5,10,11,12,13). The van der Waals surface area contributed by atoms with E-state index in [-0.39, 0.29) is 11.1 Å². The Balaban J connectivity index is 3.28. The van der Waals surface area contributed by atoms with Gasteiger partial charge in [-0.25, -0.2) is 0 Å². The van der Waals surface area contributed by atoms with Crippen LogP contribution in [0.5, 0.6) is 0 Å². The minimum absolute atomic E-state index is 0.0338. The highest BCUT2D eigenvalue weighted by Gasteiger charge is 1.95. The monoisotopic (exact) mass is 216 g/mol. The van der Waals surface area contributed by atoms with Crippen molar-refractivity contribution in [1.82, 2.24) is 0 Å². The zero-order valence-electron chi connectivity index (χ0n) is 8.75. The lowest BCUT2D eigenvalue weighted by Crippen LogP contribution is -2.23. The van der Waals surface area contributed by atoms with Gasteiger partial charge in [-0.15, -0.1) is 0 Å². The highest BCUT2D eigenvalue weighted by Crippen LogP contribution is 2.09. The van der Waals surface area contributed by atoms with Crippen molar-refractivity contribution in [2.24, 2.45) is 16.5 Å². The summed E-state index contributed by atoms with van der Waals surface area (Å²) < 4.78 is 0. The number of guanidine groups is 1. The first-order chi connectivity index (χ1) is 6.66. The number of rotatable bonds is 6. The van der Waals surface area contributed by atoms with Gasteiger partial charge in [0.25, 0.3) is 0 Å². The molecule has 0 rings (SSSR count). The fourth-order valence-corrected chi connectivity index (χ4v) is 1.74. The molecular formula is C9H20N4S. The average Bonchev–Trinajstić information content (AvgIpc) is 2.10. The van der Waals surface area contributed by atoms with Gasteiger partial charge >= 0.3 is 0 Å². The molecule has 0 aromatic carbocycles. The van der Waals surface area contributed by atoms with Gasteiger partial charge in [0, 0.05) is 5.75 Å². The predicted octanol–water partition coefficient (Wildman–Crippen LogP) is 1.90. The lowest BCUT2D eigenvalue weighted by Gasteiger charge is -1.99. The van der Waals surface area contributed by atoms with E-state index in [0.717, 1.165) is 12.2 Å². The third-order valence-electron chi connectivity index (χ3n) is 1.72. The van der Waals surface area contributed by atoms with Crippen LogP contribution in [0.3, 0.4) is 0 Å². The van der Waals surface area contributed by atoms with Crippen LogP contribution in [0, 0.1) is 5.41 Å². The van der Waals surface area contributed by atoms with Gasteiger partial charge in [-0.3, -0.25) is 5.41 Å². The van der Waals surface area contributed by atoms with E-state index in [4.69, 9.17) is 16.9 Å². The first-order valence-electron chi connectivity index (χ1n) is 4.97. The van der Waals surface area contributed by atoms with Crippen LogP contribution in [0.1, 0.15) is 39.0 Å². The molecule has 0 aromatic heterocycles. The molecule has 0 aromatic rings. The average molecular weight is 216 g/mol. The number of aliphatic imine (C=N–C) groups is 1. The second-order valence-electron chi connectivity index (χ2n) is 3.10. The summed E-state index contributed by atoms with van der Waals surface area (Å²) in [5.41, 5.74) is 10.3. The van der Waals surface area contributed by atoms with Crippen LogP contribution in [0.4, 0.5) is 0 Å². The fourth-order valence-electron chi connectivity index (χ4n) is 1.02. The van der Waals surface area contributed by atoms with E-state index in [1.165, 1.54) is 37.4 Å². The maximum Gasteiger partial charge on any atom is 0.193 e. The van der Waals surface area contributed by atoms with Crippen LogP contribution < -0.4 is 11.5 Å². The van der Waals surface area contributed by atoms with E-state index < -0.39 is 0 Å². The Bertz CT molecular complexity index is 187. The summed E-state index contributed by atoms with van der Waals surface area (Å²) in [5.74, 6) is 0.896. The third kappa shape index (κ3) is 9.38. The smallest absolute Gasteiger partial charge is 0.193 e. The fraction of sp³-hybridized carbons (Fsp3) is 0.778. The van der Waals surface area contributed by atoms with Crippen molar-refractivity contribution in [3.8, 4) is 0 Å². The quantitative estimate of drug-likeness (QED) is 0.360. The summed E-state index contributed by atoms with van der Waals surface area (Å²) in [5, 5.41) is 7.56. The maximum atomic E-state index is 7.35. The Morgan fingerprint density at radius 3 is 2.43 bits per heavy atom. The van der Waals surface area contributed by atoms with Crippen molar-refractivity contribution < 1.29 is 0 Å². The molecule has 5 N–H and O–H groups in total. The molecule has 5 heteroatoms. The third-order valence-corrected chi connectivity index (χ3v) is 2.57. The number of nitrogens with zero attached hydrogens (tertiary/aromatic N) is 1. The Hall–Kier alpha value is -0.710. The number of hydrogen-bond acceptors (Lipinski definition) is 2. The second-order valence-corrected chi connectivity index (χ2v) is 4.19. The molecule has 0 spiro atoms. The van der Waals surface area contributed by atoms with E-state index in [0.29, 0.717) is 0 Å². The molecule has 0 aliphatic carbocycles. The van der Waals surface area contributed by atoms with Gasteiger partial charge in [-0.05, 0) is 6.42 Å². The van der Waals surface area contributed by atoms with Crippen molar-refractivity contribution in [3.63, 3.8) is 0 Å². The van der Waals surface area contributed by atoms with E-state index in [9.17, 15) is 0 Å².